The summed E-state index contributed by atoms with van der Waals surface area (Å²) in [6.07, 6.45) is 1.20. The number of thiazole rings is 1. The van der Waals surface area contributed by atoms with Crippen LogP contribution in [-0.2, 0) is 0 Å². The Labute approximate surface area is 96.9 Å². The predicted octanol–water partition coefficient (Wildman–Crippen LogP) is -0.215. The summed E-state index contributed by atoms with van der Waals surface area (Å²) in [6, 6.07) is 0. The molecule has 2 rings (SSSR count). The van der Waals surface area contributed by atoms with E-state index in [1.807, 2.05) is 4.90 Å². The van der Waals surface area contributed by atoms with Gasteiger partial charge in [-0.3, -0.25) is 4.79 Å². The van der Waals surface area contributed by atoms with Crippen LogP contribution in [0.1, 0.15) is 22.5 Å². The van der Waals surface area contributed by atoms with Gasteiger partial charge in [-0.2, -0.15) is 0 Å². The number of hydrogen-bond acceptors (Lipinski definition) is 6. The van der Waals surface area contributed by atoms with Gasteiger partial charge in [0.25, 0.3) is 5.91 Å². The van der Waals surface area contributed by atoms with Gasteiger partial charge in [0.05, 0.1) is 6.10 Å². The van der Waals surface area contributed by atoms with E-state index < -0.39 is 5.91 Å². The minimum atomic E-state index is -0.543. The lowest BCUT2D eigenvalue weighted by Crippen LogP contribution is -2.35. The van der Waals surface area contributed by atoms with E-state index in [0.717, 1.165) is 13.1 Å². The van der Waals surface area contributed by atoms with E-state index in [2.05, 4.69) is 4.98 Å². The largest absolute Gasteiger partial charge is 0.393 e. The van der Waals surface area contributed by atoms with Gasteiger partial charge in [-0.1, -0.05) is 11.3 Å². The van der Waals surface area contributed by atoms with Crippen LogP contribution in [0.4, 0.5) is 10.9 Å². The molecular formula is C9H14N4O2S. The highest BCUT2D eigenvalue weighted by atomic mass is 32.1. The summed E-state index contributed by atoms with van der Waals surface area (Å²) in [7, 11) is 0. The van der Waals surface area contributed by atoms with Crippen LogP contribution < -0.4 is 16.4 Å². The summed E-state index contributed by atoms with van der Waals surface area (Å²) in [4.78, 5) is 17.5. The molecule has 1 aliphatic rings. The highest BCUT2D eigenvalue weighted by Gasteiger charge is 2.22. The smallest absolute Gasteiger partial charge is 0.262 e. The first-order chi connectivity index (χ1) is 7.58. The maximum atomic E-state index is 11.0. The normalized spacial score (nSPS) is 17.7. The SMILES string of the molecule is NC(=O)c1sc(N2CCC(O)CC2)nc1N. The second-order valence-corrected chi connectivity index (χ2v) is 4.77. The molecule has 7 heteroatoms. The standard InChI is InChI=1S/C9H14N4O2S/c10-7-6(8(11)15)16-9(12-7)13-3-1-5(14)2-4-13/h5,14H,1-4,10H2,(H2,11,15). The Hall–Kier alpha value is -1.34. The van der Waals surface area contributed by atoms with Crippen molar-refractivity contribution in [3.63, 3.8) is 0 Å². The third-order valence-corrected chi connectivity index (χ3v) is 3.75. The second-order valence-electron chi connectivity index (χ2n) is 3.79. The maximum Gasteiger partial charge on any atom is 0.262 e. The minimum absolute atomic E-state index is 0.193. The topological polar surface area (TPSA) is 105 Å². The van der Waals surface area contributed by atoms with Gasteiger partial charge in [-0.15, -0.1) is 0 Å². The maximum absolute atomic E-state index is 11.0. The van der Waals surface area contributed by atoms with Crippen molar-refractivity contribution in [1.29, 1.82) is 0 Å². The number of nitrogens with two attached hydrogens (primary N) is 2. The van der Waals surface area contributed by atoms with E-state index in [-0.39, 0.29) is 11.9 Å². The summed E-state index contributed by atoms with van der Waals surface area (Å²) in [6.45, 7) is 1.46. The van der Waals surface area contributed by atoms with Gasteiger partial charge in [0, 0.05) is 13.1 Å². The summed E-state index contributed by atoms with van der Waals surface area (Å²) in [5.74, 6) is -0.350. The number of nitrogen functional groups attached to an aromatic ring is 1. The number of hydrogen-bond donors (Lipinski definition) is 3. The van der Waals surface area contributed by atoms with Crippen molar-refractivity contribution in [2.45, 2.75) is 18.9 Å². The molecular weight excluding hydrogens is 228 g/mol. The number of rotatable bonds is 2. The molecule has 16 heavy (non-hydrogen) atoms. The van der Waals surface area contributed by atoms with Crippen LogP contribution in [0.2, 0.25) is 0 Å². The molecule has 0 atom stereocenters. The van der Waals surface area contributed by atoms with E-state index >= 15 is 0 Å². The van der Waals surface area contributed by atoms with Crippen molar-refractivity contribution < 1.29 is 9.90 Å². The van der Waals surface area contributed by atoms with Crippen LogP contribution in [0, 0.1) is 0 Å². The Morgan fingerprint density at radius 3 is 2.62 bits per heavy atom. The lowest BCUT2D eigenvalue weighted by atomic mass is 10.1. The van der Waals surface area contributed by atoms with Crippen molar-refractivity contribution in [2.24, 2.45) is 5.73 Å². The molecule has 6 nitrogen and oxygen atoms in total. The second kappa shape index (κ2) is 4.26. The lowest BCUT2D eigenvalue weighted by molar-refractivity contribution is 0.100. The molecule has 1 aromatic heterocycles. The van der Waals surface area contributed by atoms with Crippen molar-refractivity contribution in [3.8, 4) is 0 Å². The fraction of sp³-hybridized carbons (Fsp3) is 0.556. The van der Waals surface area contributed by atoms with Gasteiger partial charge in [0.2, 0.25) is 0 Å². The van der Waals surface area contributed by atoms with Gasteiger partial charge >= 0.3 is 0 Å². The van der Waals surface area contributed by atoms with Crippen LogP contribution in [0.3, 0.4) is 0 Å². The number of carbonyl (C=O) groups is 1. The monoisotopic (exact) mass is 242 g/mol. The van der Waals surface area contributed by atoms with Gasteiger partial charge in [0.1, 0.15) is 10.7 Å². The summed E-state index contributed by atoms with van der Waals surface area (Å²) in [5, 5.41) is 10.1. The third kappa shape index (κ3) is 2.10. The molecule has 5 N–H and O–H groups in total. The molecule has 0 unspecified atom stereocenters. The van der Waals surface area contributed by atoms with Crippen LogP contribution in [0.25, 0.3) is 0 Å². The number of primary amides is 1. The van der Waals surface area contributed by atoms with E-state index in [0.29, 0.717) is 22.9 Å². The first-order valence-electron chi connectivity index (χ1n) is 5.07. The molecule has 0 radical (unpaired) electrons. The van der Waals surface area contributed by atoms with Gasteiger partial charge < -0.3 is 21.5 Å². The number of carbonyl (C=O) groups excluding carboxylic acids is 1. The highest BCUT2D eigenvalue weighted by Crippen LogP contribution is 2.29. The molecule has 0 spiro atoms. The average molecular weight is 242 g/mol. The zero-order chi connectivity index (χ0) is 11.7. The van der Waals surface area contributed by atoms with E-state index in [9.17, 15) is 9.90 Å². The molecule has 0 aromatic carbocycles. The van der Waals surface area contributed by atoms with Crippen LogP contribution in [0.5, 0.6) is 0 Å². The number of aliphatic hydroxyl groups excluding tert-OH is 1. The molecule has 1 saturated heterocycles. The number of aromatic nitrogens is 1. The lowest BCUT2D eigenvalue weighted by Gasteiger charge is -2.28. The molecule has 1 fully saturated rings. The third-order valence-electron chi connectivity index (χ3n) is 2.60. The van der Waals surface area contributed by atoms with Crippen LogP contribution in [-0.4, -0.2) is 35.2 Å². The van der Waals surface area contributed by atoms with Crippen molar-refractivity contribution in [2.75, 3.05) is 23.7 Å². The minimum Gasteiger partial charge on any atom is -0.393 e. The molecule has 0 bridgehead atoms. The van der Waals surface area contributed by atoms with Crippen molar-refractivity contribution in [1.82, 2.24) is 4.98 Å². The van der Waals surface area contributed by atoms with Gasteiger partial charge in [-0.05, 0) is 12.8 Å². The molecule has 88 valence electrons. The summed E-state index contributed by atoms with van der Waals surface area (Å²) < 4.78 is 0. The Bertz CT molecular complexity index is 398. The summed E-state index contributed by atoms with van der Waals surface area (Å²) in [5.41, 5.74) is 10.8. The fourth-order valence-corrected chi connectivity index (χ4v) is 2.58. The molecule has 1 aromatic rings. The Morgan fingerprint density at radius 2 is 2.12 bits per heavy atom. The van der Waals surface area contributed by atoms with Crippen molar-refractivity contribution in [3.05, 3.63) is 4.88 Å². The Kier molecular flexibility index (Phi) is 2.97. The van der Waals surface area contributed by atoms with E-state index in [1.54, 1.807) is 0 Å². The van der Waals surface area contributed by atoms with Crippen molar-refractivity contribution >= 4 is 28.2 Å². The molecule has 1 amide bonds. The zero-order valence-electron chi connectivity index (χ0n) is 8.72. The quantitative estimate of drug-likeness (QED) is 0.665. The number of aliphatic hydroxyl groups is 1. The van der Waals surface area contributed by atoms with E-state index in [4.69, 9.17) is 11.5 Å². The fourth-order valence-electron chi connectivity index (χ4n) is 1.69. The summed E-state index contributed by atoms with van der Waals surface area (Å²) >= 11 is 1.21. The number of anilines is 2. The molecule has 0 saturated carbocycles. The highest BCUT2D eigenvalue weighted by molar-refractivity contribution is 7.18. The van der Waals surface area contributed by atoms with E-state index in [1.165, 1.54) is 11.3 Å². The Morgan fingerprint density at radius 1 is 1.50 bits per heavy atom. The van der Waals surface area contributed by atoms with Gasteiger partial charge in [-0.25, -0.2) is 4.98 Å². The number of nitrogens with zero attached hydrogens (tertiary/aromatic N) is 2. The zero-order valence-corrected chi connectivity index (χ0v) is 9.54. The van der Waals surface area contributed by atoms with Gasteiger partial charge in [0.15, 0.2) is 5.13 Å². The predicted molar refractivity (Wildman–Crippen MR) is 62.5 cm³/mol. The number of amides is 1. The first-order valence-corrected chi connectivity index (χ1v) is 5.88. The Balaban J connectivity index is 2.15. The molecule has 0 aliphatic carbocycles. The van der Waals surface area contributed by atoms with Crippen LogP contribution in [0.15, 0.2) is 0 Å². The molecule has 1 aliphatic heterocycles. The van der Waals surface area contributed by atoms with Crippen LogP contribution >= 0.6 is 11.3 Å². The first kappa shape index (κ1) is 11.2. The molecule has 2 heterocycles. The average Bonchev–Trinajstić information content (AvgIpc) is 2.61. The number of piperidine rings is 1.